The summed E-state index contributed by atoms with van der Waals surface area (Å²) in [5, 5.41) is 8.96. The number of nitrogens with one attached hydrogen (secondary N) is 1. The van der Waals surface area contributed by atoms with Gasteiger partial charge in [-0.2, -0.15) is 4.98 Å². The van der Waals surface area contributed by atoms with Crippen molar-refractivity contribution in [2.24, 2.45) is 5.41 Å². The van der Waals surface area contributed by atoms with Gasteiger partial charge in [0, 0.05) is 17.2 Å². The summed E-state index contributed by atoms with van der Waals surface area (Å²) in [6.07, 6.45) is 0.915. The number of aromatic amines is 1. The fourth-order valence-corrected chi connectivity index (χ4v) is 3.04. The lowest BCUT2D eigenvalue weighted by molar-refractivity contribution is -0.229. The van der Waals surface area contributed by atoms with E-state index in [2.05, 4.69) is 33.8 Å². The van der Waals surface area contributed by atoms with Crippen LogP contribution in [0.25, 0.3) is 22.6 Å². The predicted molar refractivity (Wildman–Crippen MR) is 106 cm³/mol. The molecule has 1 aliphatic rings. The first kappa shape index (κ1) is 20.4. The Bertz CT molecular complexity index is 996. The Morgan fingerprint density at radius 2 is 1.90 bits per heavy atom. The van der Waals surface area contributed by atoms with Crippen molar-refractivity contribution in [2.45, 2.75) is 20.1 Å². The van der Waals surface area contributed by atoms with E-state index in [-0.39, 0.29) is 30.5 Å². The highest BCUT2D eigenvalue weighted by atomic mass is 19.1. The smallest absolute Gasteiger partial charge is 0.317 e. The van der Waals surface area contributed by atoms with Gasteiger partial charge >= 0.3 is 6.01 Å². The Balaban J connectivity index is 1.73. The first-order chi connectivity index (χ1) is 14.4. The Hall–Kier alpha value is -2.88. The molecular weight excluding hydrogens is 391 g/mol. The lowest BCUT2D eigenvalue weighted by Gasteiger charge is -2.33. The molecule has 0 atom stereocenters. The van der Waals surface area contributed by atoms with Crippen LogP contribution in [-0.2, 0) is 9.47 Å². The second kappa shape index (κ2) is 8.47. The van der Waals surface area contributed by atoms with Gasteiger partial charge in [-0.3, -0.25) is 0 Å². The number of H-pyrrole nitrogens is 1. The lowest BCUT2D eigenvalue weighted by atomic mass is 9.96. The van der Waals surface area contributed by atoms with Gasteiger partial charge < -0.3 is 24.3 Å². The summed E-state index contributed by atoms with van der Waals surface area (Å²) in [6, 6.07) is 7.89. The number of aliphatic hydroxyl groups excluding tert-OH is 1. The molecule has 0 amide bonds. The van der Waals surface area contributed by atoms with Gasteiger partial charge in [0.05, 0.1) is 36.9 Å². The third-order valence-corrected chi connectivity index (χ3v) is 4.53. The summed E-state index contributed by atoms with van der Waals surface area (Å²) in [5.74, 6) is 0.162. The van der Waals surface area contributed by atoms with Crippen LogP contribution in [0.1, 0.15) is 26.0 Å². The minimum absolute atomic E-state index is 0.0721. The van der Waals surface area contributed by atoms with Crippen LogP contribution in [0.5, 0.6) is 6.01 Å². The molecule has 0 radical (unpaired) electrons. The maximum absolute atomic E-state index is 13.4. The highest BCUT2D eigenvalue weighted by Gasteiger charge is 2.32. The van der Waals surface area contributed by atoms with Crippen molar-refractivity contribution in [3.05, 3.63) is 48.2 Å². The van der Waals surface area contributed by atoms with Crippen molar-refractivity contribution in [3.8, 4) is 28.7 Å². The maximum atomic E-state index is 13.4. The molecule has 3 aromatic rings. The van der Waals surface area contributed by atoms with Crippen LogP contribution < -0.4 is 4.74 Å². The van der Waals surface area contributed by atoms with Crippen molar-refractivity contribution in [2.75, 3.05) is 26.4 Å². The fourth-order valence-electron chi connectivity index (χ4n) is 3.04. The van der Waals surface area contributed by atoms with E-state index in [1.165, 1.54) is 12.1 Å². The molecule has 2 aromatic heterocycles. The molecule has 0 spiro atoms. The van der Waals surface area contributed by atoms with Crippen LogP contribution in [0.3, 0.4) is 0 Å². The van der Waals surface area contributed by atoms with E-state index >= 15 is 0 Å². The molecule has 9 heteroatoms. The largest absolute Gasteiger partial charge is 0.461 e. The minimum atomic E-state index is -0.641. The van der Waals surface area contributed by atoms with Crippen LogP contribution in [0, 0.1) is 11.2 Å². The molecule has 4 rings (SSSR count). The Labute approximate surface area is 173 Å². The summed E-state index contributed by atoms with van der Waals surface area (Å²) in [6.45, 7) is 5.14. The van der Waals surface area contributed by atoms with Gasteiger partial charge in [-0.1, -0.05) is 13.8 Å². The second-order valence-electron chi connectivity index (χ2n) is 7.77. The summed E-state index contributed by atoms with van der Waals surface area (Å²) in [4.78, 5) is 16.4. The van der Waals surface area contributed by atoms with Crippen molar-refractivity contribution in [1.82, 2.24) is 19.9 Å². The highest BCUT2D eigenvalue weighted by molar-refractivity contribution is 5.76. The molecule has 1 aliphatic heterocycles. The molecule has 1 aromatic carbocycles. The third-order valence-electron chi connectivity index (χ3n) is 4.53. The molecule has 2 N–H and O–H groups in total. The standard InChI is InChI=1S/C21H23FN4O4/c1-21(2)11-29-19(30-12-21)18-25-16(13-3-5-14(22)6-4-13)17(26-18)15-7-8-23-20(24-15)28-10-9-27/h3-8,19,27H,9-12H2,1-2H3,(H,25,26). The van der Waals surface area contributed by atoms with Crippen LogP contribution in [0.2, 0.25) is 0 Å². The molecular formula is C21H23FN4O4. The van der Waals surface area contributed by atoms with Crippen molar-refractivity contribution >= 4 is 0 Å². The quantitative estimate of drug-likeness (QED) is 0.639. The average molecular weight is 414 g/mol. The number of halogens is 1. The molecule has 0 aliphatic carbocycles. The fraction of sp³-hybridized carbons (Fsp3) is 0.381. The zero-order valence-corrected chi connectivity index (χ0v) is 16.8. The van der Waals surface area contributed by atoms with E-state index in [0.717, 1.165) is 0 Å². The maximum Gasteiger partial charge on any atom is 0.317 e. The molecule has 1 saturated heterocycles. The van der Waals surface area contributed by atoms with Crippen LogP contribution in [-0.4, -0.2) is 51.5 Å². The van der Waals surface area contributed by atoms with E-state index in [1.54, 1.807) is 24.4 Å². The zero-order valence-electron chi connectivity index (χ0n) is 16.8. The third kappa shape index (κ3) is 4.48. The SMILES string of the molecule is CC1(C)COC(c2nc(-c3ccc(F)cc3)c(-c3ccnc(OCCO)n3)[nH]2)OC1. The number of ether oxygens (including phenoxy) is 3. The summed E-state index contributed by atoms with van der Waals surface area (Å²) in [5.41, 5.74) is 2.35. The molecule has 158 valence electrons. The summed E-state index contributed by atoms with van der Waals surface area (Å²) >= 11 is 0. The van der Waals surface area contributed by atoms with Crippen LogP contribution in [0.15, 0.2) is 36.5 Å². The van der Waals surface area contributed by atoms with Crippen LogP contribution in [0.4, 0.5) is 4.39 Å². The number of nitrogens with zero attached hydrogens (tertiary/aromatic N) is 3. The lowest BCUT2D eigenvalue weighted by Crippen LogP contribution is -2.34. The van der Waals surface area contributed by atoms with Gasteiger partial charge in [-0.25, -0.2) is 14.4 Å². The number of aromatic nitrogens is 4. The number of rotatable bonds is 6. The van der Waals surface area contributed by atoms with E-state index in [1.807, 2.05) is 0 Å². The molecule has 0 saturated carbocycles. The molecule has 8 nitrogen and oxygen atoms in total. The molecule has 0 unspecified atom stereocenters. The van der Waals surface area contributed by atoms with Crippen molar-refractivity contribution in [3.63, 3.8) is 0 Å². The molecule has 1 fully saturated rings. The number of aliphatic hydroxyl groups is 1. The molecule has 30 heavy (non-hydrogen) atoms. The number of hydrogen-bond acceptors (Lipinski definition) is 7. The topological polar surface area (TPSA) is 102 Å². The first-order valence-electron chi connectivity index (χ1n) is 9.61. The molecule has 3 heterocycles. The number of imidazole rings is 1. The highest BCUT2D eigenvalue weighted by Crippen LogP contribution is 2.35. The van der Waals surface area contributed by atoms with Gasteiger partial charge in [0.1, 0.15) is 12.4 Å². The first-order valence-corrected chi connectivity index (χ1v) is 9.61. The normalized spacial score (nSPS) is 16.5. The summed E-state index contributed by atoms with van der Waals surface area (Å²) in [7, 11) is 0. The van der Waals surface area contributed by atoms with E-state index in [0.29, 0.717) is 41.7 Å². The molecule has 0 bridgehead atoms. The Kier molecular flexibility index (Phi) is 5.76. The number of benzene rings is 1. The van der Waals surface area contributed by atoms with Crippen LogP contribution >= 0.6 is 0 Å². The van der Waals surface area contributed by atoms with E-state index < -0.39 is 6.29 Å². The van der Waals surface area contributed by atoms with E-state index in [4.69, 9.17) is 19.3 Å². The minimum Gasteiger partial charge on any atom is -0.461 e. The monoisotopic (exact) mass is 414 g/mol. The van der Waals surface area contributed by atoms with Gasteiger partial charge in [0.15, 0.2) is 5.82 Å². The van der Waals surface area contributed by atoms with Crippen molar-refractivity contribution < 1.29 is 23.7 Å². The summed E-state index contributed by atoms with van der Waals surface area (Å²) < 4.78 is 30.5. The Morgan fingerprint density at radius 3 is 2.60 bits per heavy atom. The number of hydrogen-bond donors (Lipinski definition) is 2. The zero-order chi connectivity index (χ0) is 21.1. The predicted octanol–water partition coefficient (Wildman–Crippen LogP) is 3.12. The average Bonchev–Trinajstić information content (AvgIpc) is 3.18. The van der Waals surface area contributed by atoms with Gasteiger partial charge in [0.25, 0.3) is 0 Å². The van der Waals surface area contributed by atoms with Crippen molar-refractivity contribution in [1.29, 1.82) is 0 Å². The van der Waals surface area contributed by atoms with Gasteiger partial charge in [-0.05, 0) is 30.3 Å². The van der Waals surface area contributed by atoms with Gasteiger partial charge in [0.2, 0.25) is 6.29 Å². The van der Waals surface area contributed by atoms with E-state index in [9.17, 15) is 4.39 Å². The second-order valence-corrected chi connectivity index (χ2v) is 7.77. The Morgan fingerprint density at radius 1 is 1.17 bits per heavy atom. The van der Waals surface area contributed by atoms with Gasteiger partial charge in [-0.15, -0.1) is 0 Å².